The van der Waals surface area contributed by atoms with Gasteiger partial charge < -0.3 is 14.8 Å². The van der Waals surface area contributed by atoms with E-state index in [1.807, 2.05) is 66.7 Å². The van der Waals surface area contributed by atoms with E-state index in [0.29, 0.717) is 28.4 Å². The summed E-state index contributed by atoms with van der Waals surface area (Å²) in [7, 11) is 3.18. The van der Waals surface area contributed by atoms with Crippen LogP contribution in [0, 0.1) is 0 Å². The number of hydrogen-bond acceptors (Lipinski definition) is 4. The van der Waals surface area contributed by atoms with Crippen LogP contribution >= 0.6 is 0 Å². The maximum Gasteiger partial charge on any atom is 0.259 e. The van der Waals surface area contributed by atoms with Gasteiger partial charge >= 0.3 is 0 Å². The van der Waals surface area contributed by atoms with Gasteiger partial charge in [-0.15, -0.1) is 0 Å². The van der Waals surface area contributed by atoms with Crippen LogP contribution in [-0.4, -0.2) is 29.9 Å². The second-order valence-corrected chi connectivity index (χ2v) is 6.56. The van der Waals surface area contributed by atoms with Crippen LogP contribution in [0.4, 0.5) is 5.69 Å². The molecule has 150 valence electrons. The van der Waals surface area contributed by atoms with Crippen molar-refractivity contribution in [2.75, 3.05) is 19.5 Å². The molecule has 0 spiro atoms. The summed E-state index contributed by atoms with van der Waals surface area (Å²) in [6, 6.07) is 24.4. The first-order valence-electron chi connectivity index (χ1n) is 9.43. The number of benzene rings is 3. The first-order valence-corrected chi connectivity index (χ1v) is 9.43. The number of para-hydroxylation sites is 3. The lowest BCUT2D eigenvalue weighted by atomic mass is 10.1. The van der Waals surface area contributed by atoms with Crippen LogP contribution in [0.5, 0.6) is 11.5 Å². The minimum Gasteiger partial charge on any atom is -0.497 e. The average molecular weight is 399 g/mol. The van der Waals surface area contributed by atoms with Gasteiger partial charge in [0.05, 0.1) is 31.2 Å². The zero-order chi connectivity index (χ0) is 20.9. The Hall–Kier alpha value is -4.06. The molecule has 6 nitrogen and oxygen atoms in total. The fraction of sp³-hybridized carbons (Fsp3) is 0.0833. The Labute approximate surface area is 174 Å². The highest BCUT2D eigenvalue weighted by Gasteiger charge is 2.20. The molecule has 0 atom stereocenters. The van der Waals surface area contributed by atoms with Gasteiger partial charge in [-0.3, -0.25) is 4.79 Å². The first-order chi connectivity index (χ1) is 14.7. The van der Waals surface area contributed by atoms with Crippen molar-refractivity contribution in [1.82, 2.24) is 9.78 Å². The number of rotatable bonds is 6. The van der Waals surface area contributed by atoms with Crippen molar-refractivity contribution in [3.05, 3.63) is 90.6 Å². The molecule has 0 unspecified atom stereocenters. The molecule has 0 fully saturated rings. The maximum absolute atomic E-state index is 13.2. The molecule has 6 heteroatoms. The SMILES string of the molecule is COc1cccc(-c2nn(-c3ccccc3)cc2C(=O)Nc2ccccc2OC)c1. The molecule has 0 aliphatic heterocycles. The molecule has 0 bridgehead atoms. The summed E-state index contributed by atoms with van der Waals surface area (Å²) in [6.45, 7) is 0. The highest BCUT2D eigenvalue weighted by Crippen LogP contribution is 2.29. The summed E-state index contributed by atoms with van der Waals surface area (Å²) < 4.78 is 12.4. The molecule has 1 heterocycles. The van der Waals surface area contributed by atoms with Crippen LogP contribution in [-0.2, 0) is 0 Å². The second-order valence-electron chi connectivity index (χ2n) is 6.56. The third kappa shape index (κ3) is 3.89. The fourth-order valence-electron chi connectivity index (χ4n) is 3.17. The van der Waals surface area contributed by atoms with Gasteiger partial charge in [0, 0.05) is 11.8 Å². The van der Waals surface area contributed by atoms with Crippen molar-refractivity contribution < 1.29 is 14.3 Å². The largest absolute Gasteiger partial charge is 0.497 e. The van der Waals surface area contributed by atoms with Gasteiger partial charge in [-0.2, -0.15) is 5.10 Å². The lowest BCUT2D eigenvalue weighted by Gasteiger charge is -2.10. The van der Waals surface area contributed by atoms with E-state index in [9.17, 15) is 4.79 Å². The molecule has 4 aromatic rings. The van der Waals surface area contributed by atoms with Crippen LogP contribution < -0.4 is 14.8 Å². The topological polar surface area (TPSA) is 65.4 Å². The lowest BCUT2D eigenvalue weighted by Crippen LogP contribution is -2.13. The van der Waals surface area contributed by atoms with Crippen LogP contribution in [0.3, 0.4) is 0 Å². The minimum atomic E-state index is -0.278. The Morgan fingerprint density at radius 2 is 1.67 bits per heavy atom. The monoisotopic (exact) mass is 399 g/mol. The lowest BCUT2D eigenvalue weighted by molar-refractivity contribution is 0.102. The standard InChI is InChI=1S/C24H21N3O3/c1-29-19-12-8-9-17(15-19)23-20(16-27(26-23)18-10-4-3-5-11-18)24(28)25-21-13-6-7-14-22(21)30-2/h3-16H,1-2H3,(H,25,28). The van der Waals surface area contributed by atoms with Crippen molar-refractivity contribution in [2.24, 2.45) is 0 Å². The van der Waals surface area contributed by atoms with Crippen LogP contribution in [0.2, 0.25) is 0 Å². The van der Waals surface area contributed by atoms with Crippen molar-refractivity contribution in [1.29, 1.82) is 0 Å². The number of carbonyl (C=O) groups excluding carboxylic acids is 1. The van der Waals surface area contributed by atoms with Gasteiger partial charge in [0.15, 0.2) is 0 Å². The molecule has 1 amide bonds. The zero-order valence-electron chi connectivity index (χ0n) is 16.7. The molecule has 0 aliphatic rings. The number of nitrogens with zero attached hydrogens (tertiary/aromatic N) is 2. The first kappa shape index (κ1) is 19.3. The number of amides is 1. The number of hydrogen-bond donors (Lipinski definition) is 1. The summed E-state index contributed by atoms with van der Waals surface area (Å²) in [5.41, 5.74) is 3.24. The molecule has 3 aromatic carbocycles. The molecular weight excluding hydrogens is 378 g/mol. The predicted octanol–water partition coefficient (Wildman–Crippen LogP) is 4.81. The molecule has 0 saturated heterocycles. The van der Waals surface area contributed by atoms with E-state index in [0.717, 1.165) is 11.3 Å². The predicted molar refractivity (Wildman–Crippen MR) is 116 cm³/mol. The van der Waals surface area contributed by atoms with Crippen LogP contribution in [0.25, 0.3) is 16.9 Å². The summed E-state index contributed by atoms with van der Waals surface area (Å²) in [5.74, 6) is 1.00. The van der Waals surface area contributed by atoms with Gasteiger partial charge in [0.1, 0.15) is 17.2 Å². The Morgan fingerprint density at radius 1 is 0.900 bits per heavy atom. The quantitative estimate of drug-likeness (QED) is 0.505. The van der Waals surface area contributed by atoms with E-state index in [1.165, 1.54) is 0 Å². The van der Waals surface area contributed by atoms with Crippen molar-refractivity contribution >= 4 is 11.6 Å². The fourth-order valence-corrected chi connectivity index (χ4v) is 3.17. The number of methoxy groups -OCH3 is 2. The zero-order valence-corrected chi connectivity index (χ0v) is 16.7. The van der Waals surface area contributed by atoms with E-state index in [-0.39, 0.29) is 5.91 Å². The van der Waals surface area contributed by atoms with E-state index in [4.69, 9.17) is 14.6 Å². The number of ether oxygens (including phenoxy) is 2. The molecule has 1 N–H and O–H groups in total. The third-order valence-electron chi connectivity index (χ3n) is 4.68. The molecular formula is C24H21N3O3. The highest BCUT2D eigenvalue weighted by atomic mass is 16.5. The Balaban J connectivity index is 1.78. The Kier molecular flexibility index (Phi) is 5.48. The van der Waals surface area contributed by atoms with Gasteiger partial charge in [-0.25, -0.2) is 4.68 Å². The van der Waals surface area contributed by atoms with Gasteiger partial charge in [0.2, 0.25) is 0 Å². The van der Waals surface area contributed by atoms with E-state index in [1.54, 1.807) is 37.2 Å². The third-order valence-corrected chi connectivity index (χ3v) is 4.68. The Bertz CT molecular complexity index is 1170. The summed E-state index contributed by atoms with van der Waals surface area (Å²) in [5, 5.41) is 7.63. The number of carbonyl (C=O) groups is 1. The van der Waals surface area contributed by atoms with Gasteiger partial charge in [-0.05, 0) is 36.4 Å². The van der Waals surface area contributed by atoms with Gasteiger partial charge in [-0.1, -0.05) is 42.5 Å². The van der Waals surface area contributed by atoms with Crippen molar-refractivity contribution in [3.8, 4) is 28.4 Å². The molecule has 0 aliphatic carbocycles. The van der Waals surface area contributed by atoms with E-state index in [2.05, 4.69) is 5.32 Å². The average Bonchev–Trinajstić information content (AvgIpc) is 3.26. The van der Waals surface area contributed by atoms with Crippen molar-refractivity contribution in [3.63, 3.8) is 0 Å². The number of nitrogens with one attached hydrogen (secondary N) is 1. The maximum atomic E-state index is 13.2. The van der Waals surface area contributed by atoms with Gasteiger partial charge in [0.25, 0.3) is 5.91 Å². The molecule has 0 radical (unpaired) electrons. The summed E-state index contributed by atoms with van der Waals surface area (Å²) in [4.78, 5) is 13.2. The molecule has 1 aromatic heterocycles. The highest BCUT2D eigenvalue weighted by molar-refractivity contribution is 6.08. The normalized spacial score (nSPS) is 10.5. The molecule has 0 saturated carbocycles. The minimum absolute atomic E-state index is 0.278. The molecule has 30 heavy (non-hydrogen) atoms. The van der Waals surface area contributed by atoms with E-state index < -0.39 is 0 Å². The van der Waals surface area contributed by atoms with Crippen molar-refractivity contribution in [2.45, 2.75) is 0 Å². The van der Waals surface area contributed by atoms with Crippen LogP contribution in [0.15, 0.2) is 85.1 Å². The summed E-state index contributed by atoms with van der Waals surface area (Å²) >= 11 is 0. The second kappa shape index (κ2) is 8.53. The van der Waals surface area contributed by atoms with E-state index >= 15 is 0 Å². The van der Waals surface area contributed by atoms with Crippen LogP contribution in [0.1, 0.15) is 10.4 Å². The number of aromatic nitrogens is 2. The Morgan fingerprint density at radius 3 is 2.43 bits per heavy atom. The number of anilines is 1. The smallest absolute Gasteiger partial charge is 0.259 e. The summed E-state index contributed by atoms with van der Waals surface area (Å²) in [6.07, 6.45) is 1.73. The molecule has 4 rings (SSSR count).